The molecule has 112 heavy (non-hydrogen) atoms. The lowest BCUT2D eigenvalue weighted by molar-refractivity contribution is -0.472. The van der Waals surface area contributed by atoms with Gasteiger partial charge in [0.25, 0.3) is 5.79 Å². The zero-order chi connectivity index (χ0) is 81.6. The molecule has 1 amide bonds. The highest BCUT2D eigenvalue weighted by Crippen LogP contribution is 2.76. The van der Waals surface area contributed by atoms with Crippen molar-refractivity contribution in [2.75, 3.05) is 46.2 Å². The van der Waals surface area contributed by atoms with E-state index in [-0.39, 0.29) is 31.8 Å². The van der Waals surface area contributed by atoms with E-state index in [1.165, 1.54) is 13.8 Å². The topological polar surface area (TPSA) is 603 Å². The normalized spacial score (nSPS) is 53.9. The van der Waals surface area contributed by atoms with Crippen molar-refractivity contribution in [1.29, 1.82) is 0 Å². The van der Waals surface area contributed by atoms with Crippen LogP contribution in [0.5, 0.6) is 0 Å². The summed E-state index contributed by atoms with van der Waals surface area (Å²) in [4.78, 5) is 56.8. The third-order valence-electron chi connectivity index (χ3n) is 28.2. The summed E-state index contributed by atoms with van der Waals surface area (Å²) in [6, 6.07) is -1.41. The molecule has 13 rings (SSSR count). The van der Waals surface area contributed by atoms with Crippen molar-refractivity contribution in [2.24, 2.45) is 50.2 Å². The van der Waals surface area contributed by atoms with Crippen molar-refractivity contribution in [3.05, 3.63) is 11.6 Å². The number of ether oxygens (including phenoxy) is 15. The van der Waals surface area contributed by atoms with Gasteiger partial charge in [0.15, 0.2) is 49.8 Å². The zero-order valence-corrected chi connectivity index (χ0v) is 63.4. The number of aliphatic hydroxyl groups is 18. The molecule has 27 unspecified atom stereocenters. The Kier molecular flexibility index (Phi) is 24.5. The van der Waals surface area contributed by atoms with Gasteiger partial charge in [0.1, 0.15) is 139 Å². The minimum Gasteiger partial charge on any atom is -0.479 e. The summed E-state index contributed by atoms with van der Waals surface area (Å²) in [6.07, 6.45) is -52.4. The number of rotatable bonds is 20. The Morgan fingerprint density at radius 3 is 1.91 bits per heavy atom. The van der Waals surface area contributed by atoms with Gasteiger partial charge in [-0.15, -0.1) is 0 Å². The molecular formula is C73H113NO38. The maximum absolute atomic E-state index is 16.5. The van der Waals surface area contributed by atoms with E-state index >= 15 is 4.79 Å². The van der Waals surface area contributed by atoms with Gasteiger partial charge in [-0.1, -0.05) is 53.2 Å². The Morgan fingerprint density at radius 1 is 0.607 bits per heavy atom. The number of carboxylic acid groups (broad SMARTS) is 1. The predicted molar refractivity (Wildman–Crippen MR) is 364 cm³/mol. The molecule has 0 aromatic carbocycles. The smallest absolute Gasteiger partial charge is 0.407 e. The van der Waals surface area contributed by atoms with E-state index in [1.807, 2.05) is 13.8 Å². The molecule has 0 spiro atoms. The molecule has 8 saturated heterocycles. The van der Waals surface area contributed by atoms with Crippen LogP contribution in [-0.4, -0.2) is 375 Å². The number of aldehydes is 1. The highest BCUT2D eigenvalue weighted by molar-refractivity contribution is 5.80. The Morgan fingerprint density at radius 2 is 1.26 bits per heavy atom. The van der Waals surface area contributed by atoms with Crippen molar-refractivity contribution >= 4 is 24.3 Å². The number of hydrogen-bond acceptors (Lipinski definition) is 37. The molecule has 42 atom stereocenters. The number of hydrogen-bond donors (Lipinski definition) is 20. The van der Waals surface area contributed by atoms with E-state index < -0.39 is 310 Å². The summed E-state index contributed by atoms with van der Waals surface area (Å²) in [5.74, 6) is -7.13. The van der Waals surface area contributed by atoms with Gasteiger partial charge >= 0.3 is 18.0 Å². The number of nitrogens with one attached hydrogen (secondary N) is 1. The van der Waals surface area contributed by atoms with Crippen molar-refractivity contribution < 1.29 is 187 Å². The van der Waals surface area contributed by atoms with Crippen molar-refractivity contribution in [3.8, 4) is 0 Å². The third-order valence-corrected chi connectivity index (χ3v) is 28.2. The molecule has 0 aromatic heterocycles. The molecule has 4 saturated carbocycles. The number of carboxylic acids is 1. The second-order valence-electron chi connectivity index (χ2n) is 35.0. The second kappa shape index (κ2) is 31.8. The van der Waals surface area contributed by atoms with Gasteiger partial charge in [-0.2, -0.15) is 0 Å². The molecule has 638 valence electrons. The van der Waals surface area contributed by atoms with Gasteiger partial charge in [0, 0.05) is 0 Å². The molecular weight excluding hydrogens is 1500 g/mol. The van der Waals surface area contributed by atoms with Crippen molar-refractivity contribution in [2.45, 2.75) is 321 Å². The molecule has 39 heteroatoms. The first kappa shape index (κ1) is 86.2. The minimum atomic E-state index is -2.68. The third kappa shape index (κ3) is 14.0. The first-order chi connectivity index (χ1) is 52.6. The van der Waals surface area contributed by atoms with Gasteiger partial charge in [0.05, 0.1) is 76.0 Å². The lowest BCUT2D eigenvalue weighted by Crippen LogP contribution is -2.84. The number of amides is 1. The summed E-state index contributed by atoms with van der Waals surface area (Å²) in [5.41, 5.74) is -7.59. The van der Waals surface area contributed by atoms with E-state index in [0.717, 1.165) is 11.9 Å². The Labute approximate surface area is 643 Å². The molecule has 8 aliphatic heterocycles. The molecule has 12 fully saturated rings. The average molecular weight is 1610 g/mol. The van der Waals surface area contributed by atoms with Crippen LogP contribution < -0.4 is 5.32 Å². The number of aliphatic carboxylic acids is 1. The minimum absolute atomic E-state index is 0.0115. The Hall–Kier alpha value is -3.62. The number of carbonyl (C=O) groups is 4. The van der Waals surface area contributed by atoms with Gasteiger partial charge in [-0.3, -0.25) is 4.79 Å². The number of allylic oxidation sites excluding steroid dienone is 2. The molecule has 8 heterocycles. The maximum atomic E-state index is 16.5. The molecule has 0 radical (unpaired) electrons. The highest BCUT2D eigenvalue weighted by atomic mass is 16.8. The Balaban J connectivity index is 0.793. The van der Waals surface area contributed by atoms with Crippen LogP contribution in [0.25, 0.3) is 0 Å². The molecule has 13 aliphatic rings. The number of fused-ring (bicyclic) bond motifs is 8. The highest BCUT2D eigenvalue weighted by Gasteiger charge is 2.78. The number of carbonyl (C=O) groups excluding carboxylic acids is 3. The summed E-state index contributed by atoms with van der Waals surface area (Å²) in [5, 5.41) is 215. The van der Waals surface area contributed by atoms with Gasteiger partial charge in [0.2, 0.25) is 0 Å². The van der Waals surface area contributed by atoms with Crippen molar-refractivity contribution in [3.63, 3.8) is 0 Å². The second-order valence-corrected chi connectivity index (χ2v) is 35.0. The summed E-state index contributed by atoms with van der Waals surface area (Å²) < 4.78 is 90.6. The van der Waals surface area contributed by atoms with Crippen LogP contribution in [0.4, 0.5) is 4.79 Å². The fraction of sp³-hybridized carbons (Fsp3) is 0.918. The molecule has 39 nitrogen and oxygen atoms in total. The maximum Gasteiger partial charge on any atom is 0.407 e. The van der Waals surface area contributed by atoms with Crippen LogP contribution in [0, 0.1) is 50.2 Å². The standard InChI is InChI=1S/C73H113NO38/c1-9-98-65(96)74-38-32(20-75)103-57-52(41(38)84)111-73(57,56-44(87)43(86)49(27(2)102-56)106-60-48(91)50(31(80)23-100-60)107-63-55(92)71(97,25-78)26-101-63)112-64(95)72-17-16-66(3,4)18-29(72)28-10-11-35-67(5)14-13-37(68(6,24-77)34(67)12-15-69(35,7)70(28,8)19-36(72)81)105-62-54(110-61-46(89)42(85)40(83)33(21-76)104-61)51(47(90)53(109-62)58(93)94)108-59-45(88)39(82)30(79)22-99-59/h10,24,27,29-57,59-63,75-76,78-92,97H,9,11-23,25-26H2,1-8H3,(H,74,96)(H,93,94)/t27?,29?,30-,31-,32?,33?,34?,35?,36?,37+,38+,39?,40+,41?,42?,43?,44?,45?,46?,47+,48?,49+,50?,51?,52?,53?,54?,55?,56-,57-,59+,60+,61+,62-,63+,67?,68?,69?,70?,71?,72-,73?/m1/s1. The lowest BCUT2D eigenvalue weighted by Gasteiger charge is -2.71. The zero-order valence-electron chi connectivity index (χ0n) is 63.4. The first-order valence-electron chi connectivity index (χ1n) is 38.7. The summed E-state index contributed by atoms with van der Waals surface area (Å²) in [6.45, 7) is 10.4. The average Bonchev–Trinajstić information content (AvgIpc) is 0.733. The molecule has 20 N–H and O–H groups in total. The van der Waals surface area contributed by atoms with Crippen LogP contribution in [0.15, 0.2) is 11.6 Å². The molecule has 0 aromatic rings. The van der Waals surface area contributed by atoms with Gasteiger partial charge in [-0.25, -0.2) is 9.59 Å². The first-order valence-corrected chi connectivity index (χ1v) is 38.7. The van der Waals surface area contributed by atoms with Crippen molar-refractivity contribution in [1.82, 2.24) is 5.32 Å². The van der Waals surface area contributed by atoms with E-state index in [4.69, 9.17) is 71.1 Å². The quantitative estimate of drug-likeness (QED) is 0.0233. The van der Waals surface area contributed by atoms with Crippen LogP contribution >= 0.6 is 0 Å². The Bertz CT molecular complexity index is 3400. The SMILES string of the molecule is CCOC(=O)N[C@H]1C(CO)O[C@@H]2C(OC2(OC(=O)[C@]23CCC(C)(C)CC2C2=CCC4C5(C)CC[C@H](O[C@@H]6OC(C(=O)O)[C@@H](O)C(O[C@@H]7OC[C@@H](O)C(O)C7O)C6O[C@@H]6OC(CO)[C@H](O)C(O)C6O)C(C)(C=O)C5CCC4(C)C2(C)CC3O)[C@@H]2OC(C)[C@H](O[C@@H]3OC[C@@H](O)C(O[C@@H]4OCC(O)(CO)C4O)C3O)C(O)C2O)C1O. The van der Waals surface area contributed by atoms with E-state index in [9.17, 15) is 111 Å². The van der Waals surface area contributed by atoms with Crippen LogP contribution in [0.1, 0.15) is 113 Å². The number of alkyl carbamates (subject to hydrolysis) is 1. The lowest BCUT2D eigenvalue weighted by atomic mass is 9.33. The van der Waals surface area contributed by atoms with E-state index in [0.29, 0.717) is 38.5 Å². The van der Waals surface area contributed by atoms with Gasteiger partial charge in [-0.05, 0) is 111 Å². The number of aliphatic hydroxyl groups excluding tert-OH is 17. The largest absolute Gasteiger partial charge is 0.479 e. The fourth-order valence-electron chi connectivity index (χ4n) is 21.5. The van der Waals surface area contributed by atoms with E-state index in [2.05, 4.69) is 32.2 Å². The predicted octanol–water partition coefficient (Wildman–Crippen LogP) is -6.83. The summed E-state index contributed by atoms with van der Waals surface area (Å²) >= 11 is 0. The molecule has 5 aliphatic carbocycles. The van der Waals surface area contributed by atoms with Crippen LogP contribution in [0.3, 0.4) is 0 Å². The van der Waals surface area contributed by atoms with Crippen LogP contribution in [-0.2, 0) is 85.4 Å². The van der Waals surface area contributed by atoms with Crippen LogP contribution in [0.2, 0.25) is 0 Å². The molecule has 0 bridgehead atoms. The van der Waals surface area contributed by atoms with Gasteiger partial charge < -0.3 is 178 Å². The monoisotopic (exact) mass is 1610 g/mol. The number of esters is 1. The fourth-order valence-corrected chi connectivity index (χ4v) is 21.5. The summed E-state index contributed by atoms with van der Waals surface area (Å²) in [7, 11) is 0. The van der Waals surface area contributed by atoms with E-state index in [1.54, 1.807) is 6.92 Å².